The zero-order valence-corrected chi connectivity index (χ0v) is 12.0. The Kier molecular flexibility index (Phi) is 4.03. The molecule has 1 heterocycles. The van der Waals surface area contributed by atoms with Gasteiger partial charge in [-0.1, -0.05) is 6.07 Å². The number of nitrogens with one attached hydrogen (secondary N) is 1. The van der Waals surface area contributed by atoms with Gasteiger partial charge < -0.3 is 9.84 Å². The van der Waals surface area contributed by atoms with Crippen LogP contribution in [0.15, 0.2) is 18.2 Å². The summed E-state index contributed by atoms with van der Waals surface area (Å²) < 4.78 is 31.5. The van der Waals surface area contributed by atoms with E-state index >= 15 is 0 Å². The van der Waals surface area contributed by atoms with Crippen molar-refractivity contribution in [3.05, 3.63) is 29.3 Å². The molecule has 9 heteroatoms. The number of ether oxygens (including phenoxy) is 1. The summed E-state index contributed by atoms with van der Waals surface area (Å²) in [6.07, 6.45) is -0.626. The van der Waals surface area contributed by atoms with Crippen LogP contribution in [0.3, 0.4) is 0 Å². The first-order valence-electron chi connectivity index (χ1n) is 6.18. The minimum Gasteiger partial charge on any atom is -0.478 e. The van der Waals surface area contributed by atoms with Gasteiger partial charge in [0.1, 0.15) is 0 Å². The molecule has 0 radical (unpaired) electrons. The van der Waals surface area contributed by atoms with E-state index in [1.807, 2.05) is 0 Å². The van der Waals surface area contributed by atoms with E-state index in [2.05, 4.69) is 4.74 Å². The van der Waals surface area contributed by atoms with Gasteiger partial charge in [-0.25, -0.2) is 14.3 Å². The normalized spacial score (nSPS) is 13.7. The lowest BCUT2D eigenvalue weighted by atomic mass is 10.1. The molecule has 1 aromatic carbocycles. The minimum absolute atomic E-state index is 0.0213. The fourth-order valence-electron chi connectivity index (χ4n) is 2.05. The van der Waals surface area contributed by atoms with Gasteiger partial charge in [0.15, 0.2) is 0 Å². The number of carbonyl (C=O) groups excluding carboxylic acids is 1. The Morgan fingerprint density at radius 2 is 2.14 bits per heavy atom. The highest BCUT2D eigenvalue weighted by Gasteiger charge is 2.31. The molecule has 0 fully saturated rings. The van der Waals surface area contributed by atoms with Gasteiger partial charge >= 0.3 is 22.3 Å². The van der Waals surface area contributed by atoms with Crippen molar-refractivity contribution in [2.45, 2.75) is 13.3 Å². The third-order valence-electron chi connectivity index (χ3n) is 2.96. The maximum atomic E-state index is 12.1. The Bertz CT molecular complexity index is 685. The van der Waals surface area contributed by atoms with Crippen LogP contribution in [0, 0.1) is 0 Å². The molecule has 0 aromatic heterocycles. The quantitative estimate of drug-likeness (QED) is 0.847. The first kappa shape index (κ1) is 15.1. The standard InChI is InChI=1S/C12H14N2O6S/c1-2-20-12(17)13-21(18,19)14-6-5-8-3-4-9(11(15)16)7-10(8)14/h3-4,7H,2,5-6H2,1H3,(H,13,17)(H,15,16). The fourth-order valence-corrected chi connectivity index (χ4v) is 3.19. The summed E-state index contributed by atoms with van der Waals surface area (Å²) >= 11 is 0. The van der Waals surface area contributed by atoms with Gasteiger partial charge in [0.2, 0.25) is 0 Å². The van der Waals surface area contributed by atoms with Crippen molar-refractivity contribution < 1.29 is 27.9 Å². The van der Waals surface area contributed by atoms with Crippen molar-refractivity contribution in [3.63, 3.8) is 0 Å². The minimum atomic E-state index is -4.12. The molecule has 1 aliphatic rings. The fraction of sp³-hybridized carbons (Fsp3) is 0.333. The average molecular weight is 314 g/mol. The first-order chi connectivity index (χ1) is 9.85. The Balaban J connectivity index is 2.31. The molecule has 2 N–H and O–H groups in total. The predicted molar refractivity (Wildman–Crippen MR) is 73.5 cm³/mol. The molecule has 0 atom stereocenters. The molecular formula is C12H14N2O6S. The van der Waals surface area contributed by atoms with E-state index in [-0.39, 0.29) is 24.4 Å². The second-order valence-corrected chi connectivity index (χ2v) is 5.89. The molecule has 1 amide bonds. The van der Waals surface area contributed by atoms with Crippen molar-refractivity contribution >= 4 is 28.0 Å². The molecule has 1 aromatic rings. The van der Waals surface area contributed by atoms with Crippen LogP contribution in [0.25, 0.3) is 0 Å². The van der Waals surface area contributed by atoms with Crippen LogP contribution < -0.4 is 9.03 Å². The number of rotatable bonds is 4. The highest BCUT2D eigenvalue weighted by Crippen LogP contribution is 2.30. The van der Waals surface area contributed by atoms with Crippen molar-refractivity contribution in [1.29, 1.82) is 0 Å². The van der Waals surface area contributed by atoms with Crippen LogP contribution in [0.2, 0.25) is 0 Å². The average Bonchev–Trinajstić information content (AvgIpc) is 2.81. The third kappa shape index (κ3) is 3.07. The topological polar surface area (TPSA) is 113 Å². The number of benzene rings is 1. The van der Waals surface area contributed by atoms with E-state index in [0.717, 1.165) is 4.31 Å². The number of hydrogen-bond acceptors (Lipinski definition) is 5. The van der Waals surface area contributed by atoms with E-state index < -0.39 is 22.3 Å². The van der Waals surface area contributed by atoms with Gasteiger partial charge in [-0.15, -0.1) is 0 Å². The largest absolute Gasteiger partial charge is 0.478 e. The lowest BCUT2D eigenvalue weighted by molar-refractivity contribution is 0.0696. The number of carboxylic acids is 1. The van der Waals surface area contributed by atoms with Gasteiger partial charge in [-0.05, 0) is 31.0 Å². The molecule has 2 rings (SSSR count). The Hall–Kier alpha value is -2.29. The Morgan fingerprint density at radius 3 is 2.76 bits per heavy atom. The highest BCUT2D eigenvalue weighted by molar-refractivity contribution is 7.91. The van der Waals surface area contributed by atoms with Crippen molar-refractivity contribution in [1.82, 2.24) is 4.72 Å². The summed E-state index contributed by atoms with van der Waals surface area (Å²) in [4.78, 5) is 22.2. The maximum Gasteiger partial charge on any atom is 0.422 e. The zero-order chi connectivity index (χ0) is 15.6. The van der Waals surface area contributed by atoms with Gasteiger partial charge in [0.05, 0.1) is 17.9 Å². The molecule has 114 valence electrons. The molecule has 1 aliphatic heterocycles. The molecular weight excluding hydrogens is 300 g/mol. The zero-order valence-electron chi connectivity index (χ0n) is 11.2. The summed E-state index contributed by atoms with van der Waals surface area (Å²) in [6.45, 7) is 1.73. The van der Waals surface area contributed by atoms with E-state index in [4.69, 9.17) is 5.11 Å². The highest BCUT2D eigenvalue weighted by atomic mass is 32.2. The van der Waals surface area contributed by atoms with Crippen molar-refractivity contribution in [3.8, 4) is 0 Å². The van der Waals surface area contributed by atoms with Crippen LogP contribution in [0.4, 0.5) is 10.5 Å². The smallest absolute Gasteiger partial charge is 0.422 e. The third-order valence-corrected chi connectivity index (χ3v) is 4.35. The number of carbonyl (C=O) groups is 2. The number of hydrogen-bond donors (Lipinski definition) is 2. The molecule has 0 saturated heterocycles. The second kappa shape index (κ2) is 5.60. The molecule has 21 heavy (non-hydrogen) atoms. The van der Waals surface area contributed by atoms with Crippen molar-refractivity contribution in [2.24, 2.45) is 0 Å². The Morgan fingerprint density at radius 1 is 1.43 bits per heavy atom. The summed E-state index contributed by atoms with van der Waals surface area (Å²) in [5.74, 6) is -1.15. The molecule has 8 nitrogen and oxygen atoms in total. The van der Waals surface area contributed by atoms with E-state index in [0.29, 0.717) is 12.0 Å². The van der Waals surface area contributed by atoms with Gasteiger partial charge in [0, 0.05) is 6.54 Å². The summed E-state index contributed by atoms with van der Waals surface area (Å²) in [6, 6.07) is 4.25. The molecule has 0 saturated carbocycles. The molecule has 0 bridgehead atoms. The van der Waals surface area contributed by atoms with Crippen LogP contribution in [0.1, 0.15) is 22.8 Å². The number of fused-ring (bicyclic) bond motifs is 1. The van der Waals surface area contributed by atoms with Gasteiger partial charge in [0.25, 0.3) is 0 Å². The first-order valence-corrected chi connectivity index (χ1v) is 7.62. The molecule has 0 aliphatic carbocycles. The van der Waals surface area contributed by atoms with Crippen LogP contribution in [0.5, 0.6) is 0 Å². The summed E-state index contributed by atoms with van der Waals surface area (Å²) in [5.41, 5.74) is 0.938. The molecule has 0 spiro atoms. The number of carboxylic acid groups (broad SMARTS) is 1. The number of amides is 1. The van der Waals surface area contributed by atoms with Crippen LogP contribution in [-0.2, 0) is 21.4 Å². The van der Waals surface area contributed by atoms with Crippen LogP contribution >= 0.6 is 0 Å². The van der Waals surface area contributed by atoms with E-state index in [1.54, 1.807) is 17.7 Å². The number of nitrogens with zero attached hydrogens (tertiary/aromatic N) is 1. The monoisotopic (exact) mass is 314 g/mol. The lowest BCUT2D eigenvalue weighted by Gasteiger charge is -2.19. The Labute approximate surface area is 121 Å². The number of anilines is 1. The summed E-state index contributed by atoms with van der Waals surface area (Å²) in [7, 11) is -4.12. The van der Waals surface area contributed by atoms with Gasteiger partial charge in [-0.3, -0.25) is 4.31 Å². The van der Waals surface area contributed by atoms with Crippen molar-refractivity contribution in [2.75, 3.05) is 17.5 Å². The molecule has 0 unspecified atom stereocenters. The second-order valence-electron chi connectivity index (χ2n) is 4.30. The van der Waals surface area contributed by atoms with Crippen LogP contribution in [-0.4, -0.2) is 38.7 Å². The van der Waals surface area contributed by atoms with E-state index in [9.17, 15) is 18.0 Å². The predicted octanol–water partition coefficient (Wildman–Crippen LogP) is 0.738. The SMILES string of the molecule is CCOC(=O)NS(=O)(=O)N1CCc2ccc(C(=O)O)cc21. The van der Waals surface area contributed by atoms with E-state index in [1.165, 1.54) is 12.1 Å². The maximum absolute atomic E-state index is 12.1. The van der Waals surface area contributed by atoms with Gasteiger partial charge in [-0.2, -0.15) is 8.42 Å². The summed E-state index contributed by atoms with van der Waals surface area (Å²) in [5, 5.41) is 8.96. The lowest BCUT2D eigenvalue weighted by Crippen LogP contribution is -2.43. The number of aromatic carboxylic acids is 1.